The molecule has 1 aliphatic rings. The van der Waals surface area contributed by atoms with E-state index in [1.807, 2.05) is 6.07 Å². The fourth-order valence-corrected chi connectivity index (χ4v) is 4.18. The van der Waals surface area contributed by atoms with Gasteiger partial charge in [-0.1, -0.05) is 42.1 Å². The lowest BCUT2D eigenvalue weighted by Crippen LogP contribution is -2.47. The maximum absolute atomic E-state index is 12.8. The van der Waals surface area contributed by atoms with Crippen LogP contribution < -0.4 is 10.9 Å². The molecule has 1 atom stereocenters. The molecule has 0 spiro atoms. The number of aromatic nitrogens is 2. The van der Waals surface area contributed by atoms with Gasteiger partial charge in [0.2, 0.25) is 11.8 Å². The molecule has 0 aliphatic carbocycles. The zero-order valence-corrected chi connectivity index (χ0v) is 19.0. The Bertz CT molecular complexity index is 959. The van der Waals surface area contributed by atoms with Crippen LogP contribution in [-0.4, -0.2) is 45.9 Å². The molecule has 1 unspecified atom stereocenters. The summed E-state index contributed by atoms with van der Waals surface area (Å²) in [5.74, 6) is -0.316. The molecule has 1 N–H and O–H groups in total. The monoisotopic (exact) mass is 476 g/mol. The van der Waals surface area contributed by atoms with E-state index in [-0.39, 0.29) is 29.8 Å². The second kappa shape index (κ2) is 10.7. The molecular weight excluding hydrogens is 448 g/mol. The largest absolute Gasteiger partial charge is 0.356 e. The first-order valence-corrected chi connectivity index (χ1v) is 11.5. The molecule has 1 aliphatic heterocycles. The molecule has 2 amide bonds. The lowest BCUT2D eigenvalue weighted by Gasteiger charge is -2.32. The number of hydrogen-bond acceptors (Lipinski definition) is 4. The molecule has 1 aromatic heterocycles. The summed E-state index contributed by atoms with van der Waals surface area (Å²) in [7, 11) is 0. The van der Waals surface area contributed by atoms with Crippen molar-refractivity contribution in [3.05, 3.63) is 39.4 Å². The fraction of sp³-hybridized carbons (Fsp3) is 0.545. The zero-order chi connectivity index (χ0) is 21.5. The minimum Gasteiger partial charge on any atom is -0.356 e. The number of benzene rings is 1. The number of hydrogen-bond donors (Lipinski definition) is 1. The van der Waals surface area contributed by atoms with E-state index in [2.05, 4.69) is 33.2 Å². The number of rotatable bonds is 8. The Hall–Kier alpha value is -2.22. The van der Waals surface area contributed by atoms with Crippen molar-refractivity contribution in [3.63, 3.8) is 0 Å². The minimum absolute atomic E-state index is 0.0263. The highest BCUT2D eigenvalue weighted by atomic mass is 79.9. The number of amides is 2. The smallest absolute Gasteiger partial charge is 0.261 e. The maximum Gasteiger partial charge on any atom is 0.261 e. The van der Waals surface area contributed by atoms with Gasteiger partial charge in [-0.2, -0.15) is 0 Å². The normalized spacial score (nSPS) is 16.6. The van der Waals surface area contributed by atoms with Crippen molar-refractivity contribution in [3.8, 4) is 0 Å². The highest BCUT2D eigenvalue weighted by Gasteiger charge is 2.28. The number of carbonyl (C=O) groups excluding carboxylic acids is 2. The zero-order valence-electron chi connectivity index (χ0n) is 17.4. The van der Waals surface area contributed by atoms with Crippen molar-refractivity contribution in [1.29, 1.82) is 0 Å². The highest BCUT2D eigenvalue weighted by Crippen LogP contribution is 2.18. The number of halogens is 1. The molecule has 7 nitrogen and oxygen atoms in total. The molecular formula is C22H29BrN4O3. The minimum atomic E-state index is -0.243. The lowest BCUT2D eigenvalue weighted by atomic mass is 9.97. The van der Waals surface area contributed by atoms with E-state index in [1.165, 1.54) is 23.7 Å². The number of nitrogens with zero attached hydrogens (tertiary/aromatic N) is 3. The second-order valence-electron chi connectivity index (χ2n) is 7.87. The van der Waals surface area contributed by atoms with Crippen molar-refractivity contribution in [1.82, 2.24) is 19.8 Å². The van der Waals surface area contributed by atoms with E-state index in [0.717, 1.165) is 30.2 Å². The Morgan fingerprint density at radius 3 is 2.90 bits per heavy atom. The van der Waals surface area contributed by atoms with Crippen LogP contribution in [0.15, 0.2) is 33.8 Å². The van der Waals surface area contributed by atoms with Crippen LogP contribution in [0.4, 0.5) is 0 Å². The number of carbonyl (C=O) groups is 2. The van der Waals surface area contributed by atoms with Crippen molar-refractivity contribution in [2.24, 2.45) is 5.92 Å². The number of likely N-dealkylation sites (tertiary alicyclic amines) is 1. The molecule has 162 valence electrons. The molecule has 3 rings (SSSR count). The summed E-state index contributed by atoms with van der Waals surface area (Å²) in [4.78, 5) is 44.0. The van der Waals surface area contributed by atoms with Crippen molar-refractivity contribution in [2.45, 2.75) is 52.0 Å². The number of piperidine rings is 1. The summed E-state index contributed by atoms with van der Waals surface area (Å²) in [5, 5.41) is 3.48. The quantitative estimate of drug-likeness (QED) is 0.593. The average molecular weight is 477 g/mol. The van der Waals surface area contributed by atoms with Gasteiger partial charge in [0.1, 0.15) is 6.54 Å². The molecule has 0 saturated carbocycles. The van der Waals surface area contributed by atoms with Crippen LogP contribution in [0.25, 0.3) is 10.9 Å². The van der Waals surface area contributed by atoms with Gasteiger partial charge < -0.3 is 10.2 Å². The number of nitrogens with one attached hydrogen (secondary N) is 1. The van der Waals surface area contributed by atoms with Crippen molar-refractivity contribution < 1.29 is 9.59 Å². The van der Waals surface area contributed by atoms with Gasteiger partial charge in [0.25, 0.3) is 5.56 Å². The summed E-state index contributed by atoms with van der Waals surface area (Å²) in [5.41, 5.74) is 0.355. The van der Waals surface area contributed by atoms with E-state index >= 15 is 0 Å². The van der Waals surface area contributed by atoms with Gasteiger partial charge in [0.15, 0.2) is 0 Å². The van der Waals surface area contributed by atoms with Crippen LogP contribution in [-0.2, 0) is 16.1 Å². The maximum atomic E-state index is 12.8. The van der Waals surface area contributed by atoms with Crippen LogP contribution in [0.1, 0.15) is 45.4 Å². The van der Waals surface area contributed by atoms with Gasteiger partial charge in [0, 0.05) is 24.1 Å². The SMILES string of the molecule is CCCCCCNC(=O)C1CCCN(C(=O)Cn2cnc3ccc(Br)cc3c2=O)C1. The highest BCUT2D eigenvalue weighted by molar-refractivity contribution is 9.10. The molecule has 0 radical (unpaired) electrons. The van der Waals surface area contributed by atoms with Crippen LogP contribution >= 0.6 is 15.9 Å². The predicted octanol–water partition coefficient (Wildman–Crippen LogP) is 3.09. The Kier molecular flexibility index (Phi) is 8.01. The van der Waals surface area contributed by atoms with E-state index < -0.39 is 0 Å². The van der Waals surface area contributed by atoms with Gasteiger partial charge in [-0.3, -0.25) is 19.0 Å². The molecule has 1 aromatic carbocycles. The molecule has 2 aromatic rings. The van der Waals surface area contributed by atoms with E-state index in [0.29, 0.717) is 30.5 Å². The summed E-state index contributed by atoms with van der Waals surface area (Å²) in [6, 6.07) is 5.31. The Labute approximate surface area is 185 Å². The molecule has 1 fully saturated rings. The first kappa shape index (κ1) is 22.5. The third-order valence-electron chi connectivity index (χ3n) is 5.57. The molecule has 0 bridgehead atoms. The van der Waals surface area contributed by atoms with Crippen LogP contribution in [0.2, 0.25) is 0 Å². The van der Waals surface area contributed by atoms with Crippen LogP contribution in [0.3, 0.4) is 0 Å². The predicted molar refractivity (Wildman–Crippen MR) is 120 cm³/mol. The standard InChI is InChI=1S/C22H29BrN4O3/c1-2-3-4-5-10-24-21(29)16-7-6-11-26(13-16)20(28)14-27-15-25-19-9-8-17(23)12-18(19)22(27)30/h8-9,12,15-16H,2-7,10-11,13-14H2,1H3,(H,24,29). The average Bonchev–Trinajstić information content (AvgIpc) is 2.76. The van der Waals surface area contributed by atoms with Gasteiger partial charge in [-0.25, -0.2) is 4.98 Å². The topological polar surface area (TPSA) is 84.3 Å². The van der Waals surface area contributed by atoms with Gasteiger partial charge in [-0.05, 0) is 37.5 Å². The lowest BCUT2D eigenvalue weighted by molar-refractivity contribution is -0.136. The Morgan fingerprint density at radius 2 is 2.10 bits per heavy atom. The molecule has 1 saturated heterocycles. The first-order valence-electron chi connectivity index (χ1n) is 10.7. The number of fused-ring (bicyclic) bond motifs is 1. The van der Waals surface area contributed by atoms with Crippen LogP contribution in [0.5, 0.6) is 0 Å². The van der Waals surface area contributed by atoms with Crippen molar-refractivity contribution in [2.75, 3.05) is 19.6 Å². The second-order valence-corrected chi connectivity index (χ2v) is 8.79. The van der Waals surface area contributed by atoms with Gasteiger partial charge in [0.05, 0.1) is 23.1 Å². The van der Waals surface area contributed by atoms with E-state index in [4.69, 9.17) is 0 Å². The molecule has 30 heavy (non-hydrogen) atoms. The van der Waals surface area contributed by atoms with E-state index in [9.17, 15) is 14.4 Å². The third kappa shape index (κ3) is 5.68. The Morgan fingerprint density at radius 1 is 1.27 bits per heavy atom. The Balaban J connectivity index is 1.59. The van der Waals surface area contributed by atoms with Crippen molar-refractivity contribution >= 4 is 38.6 Å². The summed E-state index contributed by atoms with van der Waals surface area (Å²) >= 11 is 3.37. The third-order valence-corrected chi connectivity index (χ3v) is 6.06. The van der Waals surface area contributed by atoms with E-state index in [1.54, 1.807) is 17.0 Å². The summed E-state index contributed by atoms with van der Waals surface area (Å²) in [6.45, 7) is 3.80. The first-order chi connectivity index (χ1) is 14.5. The number of unbranched alkanes of at least 4 members (excludes halogenated alkanes) is 3. The van der Waals surface area contributed by atoms with Crippen LogP contribution in [0, 0.1) is 5.92 Å². The van der Waals surface area contributed by atoms with Gasteiger partial charge >= 0.3 is 0 Å². The summed E-state index contributed by atoms with van der Waals surface area (Å²) in [6.07, 6.45) is 7.46. The fourth-order valence-electron chi connectivity index (χ4n) is 3.81. The molecule has 2 heterocycles. The van der Waals surface area contributed by atoms with Gasteiger partial charge in [-0.15, -0.1) is 0 Å². The molecule has 8 heteroatoms. The summed E-state index contributed by atoms with van der Waals surface area (Å²) < 4.78 is 2.13.